The van der Waals surface area contributed by atoms with E-state index in [1.165, 1.54) is 24.3 Å². The maximum atomic E-state index is 12.7. The molecule has 160 valence electrons. The molecule has 1 N–H and O–H groups in total. The minimum atomic E-state index is -3.46. The number of methoxy groups -OCH3 is 1. The summed E-state index contributed by atoms with van der Waals surface area (Å²) < 4.78 is 35.3. The van der Waals surface area contributed by atoms with Crippen LogP contribution in [0.4, 0.5) is 5.69 Å². The van der Waals surface area contributed by atoms with Crippen molar-refractivity contribution in [3.63, 3.8) is 0 Å². The van der Waals surface area contributed by atoms with Gasteiger partial charge in [0.05, 0.1) is 18.9 Å². The Hall–Kier alpha value is -3.07. The van der Waals surface area contributed by atoms with Crippen molar-refractivity contribution in [2.45, 2.75) is 25.4 Å². The first-order chi connectivity index (χ1) is 14.2. The first-order valence-electron chi connectivity index (χ1n) is 9.42. The molecule has 30 heavy (non-hydrogen) atoms. The Bertz CT molecular complexity index is 1020. The number of hydrogen-bond donors (Lipinski definition) is 1. The van der Waals surface area contributed by atoms with Gasteiger partial charge in [0.15, 0.2) is 6.61 Å². The van der Waals surface area contributed by atoms with E-state index in [-0.39, 0.29) is 29.8 Å². The number of carbonyl (C=O) groups is 2. The predicted molar refractivity (Wildman–Crippen MR) is 112 cm³/mol. The first kappa shape index (κ1) is 21.6. The highest BCUT2D eigenvalue weighted by Crippen LogP contribution is 2.29. The number of rotatable bonds is 9. The van der Waals surface area contributed by atoms with Gasteiger partial charge in [0, 0.05) is 18.3 Å². The molecule has 3 rings (SSSR count). The molecule has 0 radical (unpaired) electrons. The normalized spacial score (nSPS) is 13.4. The van der Waals surface area contributed by atoms with E-state index >= 15 is 0 Å². The quantitative estimate of drug-likeness (QED) is 0.611. The van der Waals surface area contributed by atoms with Gasteiger partial charge in [-0.25, -0.2) is 13.2 Å². The second kappa shape index (κ2) is 9.17. The monoisotopic (exact) mass is 432 g/mol. The highest BCUT2D eigenvalue weighted by Gasteiger charge is 2.33. The van der Waals surface area contributed by atoms with Crippen molar-refractivity contribution >= 4 is 27.6 Å². The number of ether oxygens (including phenoxy) is 2. The number of anilines is 1. The third-order valence-electron chi connectivity index (χ3n) is 4.55. The molecule has 1 saturated carbocycles. The average molecular weight is 432 g/mol. The van der Waals surface area contributed by atoms with Crippen LogP contribution in [0.5, 0.6) is 5.75 Å². The van der Waals surface area contributed by atoms with Crippen LogP contribution in [0.1, 0.15) is 28.8 Å². The fraction of sp³-hybridized carbons (Fsp3) is 0.333. The van der Waals surface area contributed by atoms with Crippen LogP contribution in [-0.4, -0.2) is 51.2 Å². The third kappa shape index (κ3) is 6.21. The van der Waals surface area contributed by atoms with Crippen LogP contribution in [0.3, 0.4) is 0 Å². The van der Waals surface area contributed by atoms with Crippen LogP contribution in [0.2, 0.25) is 0 Å². The molecular weight excluding hydrogens is 408 g/mol. The zero-order valence-electron chi connectivity index (χ0n) is 16.8. The molecule has 0 atom stereocenters. The summed E-state index contributed by atoms with van der Waals surface area (Å²) in [5, 5.41) is 0. The van der Waals surface area contributed by atoms with E-state index in [2.05, 4.69) is 4.72 Å². The van der Waals surface area contributed by atoms with Crippen LogP contribution >= 0.6 is 0 Å². The summed E-state index contributed by atoms with van der Waals surface area (Å²) >= 11 is 0. The van der Waals surface area contributed by atoms with E-state index in [4.69, 9.17) is 9.47 Å². The topological polar surface area (TPSA) is 102 Å². The van der Waals surface area contributed by atoms with Crippen molar-refractivity contribution in [3.05, 3.63) is 59.7 Å². The van der Waals surface area contributed by atoms with Gasteiger partial charge in [0.25, 0.3) is 5.91 Å². The van der Waals surface area contributed by atoms with E-state index in [1.807, 2.05) is 24.3 Å². The van der Waals surface area contributed by atoms with Gasteiger partial charge in [0.1, 0.15) is 5.75 Å². The molecule has 1 fully saturated rings. The Morgan fingerprint density at radius 1 is 1.13 bits per heavy atom. The van der Waals surface area contributed by atoms with Gasteiger partial charge in [-0.1, -0.05) is 18.2 Å². The number of benzene rings is 2. The maximum absolute atomic E-state index is 12.7. The van der Waals surface area contributed by atoms with E-state index in [9.17, 15) is 18.0 Å². The lowest BCUT2D eigenvalue weighted by atomic mass is 10.2. The molecule has 0 unspecified atom stereocenters. The SMILES string of the molecule is COc1ccc(CN(C(=O)COC(=O)c2cccc(NS(C)(=O)=O)c2)C2CC2)cc1. The van der Waals surface area contributed by atoms with E-state index in [1.54, 1.807) is 12.0 Å². The van der Waals surface area contributed by atoms with E-state index < -0.39 is 16.0 Å². The molecule has 1 aliphatic rings. The van der Waals surface area contributed by atoms with Crippen molar-refractivity contribution < 1.29 is 27.5 Å². The molecule has 0 aromatic heterocycles. The van der Waals surface area contributed by atoms with E-state index in [0.29, 0.717) is 6.54 Å². The summed E-state index contributed by atoms with van der Waals surface area (Å²) in [7, 11) is -1.87. The van der Waals surface area contributed by atoms with Gasteiger partial charge in [-0.3, -0.25) is 9.52 Å². The van der Waals surface area contributed by atoms with Gasteiger partial charge in [-0.15, -0.1) is 0 Å². The van der Waals surface area contributed by atoms with Crippen molar-refractivity contribution in [2.75, 3.05) is 24.7 Å². The van der Waals surface area contributed by atoms with E-state index in [0.717, 1.165) is 30.4 Å². The number of nitrogens with zero attached hydrogens (tertiary/aromatic N) is 1. The Morgan fingerprint density at radius 2 is 1.83 bits per heavy atom. The molecule has 2 aromatic carbocycles. The van der Waals surface area contributed by atoms with Crippen LogP contribution in [-0.2, 0) is 26.1 Å². The summed E-state index contributed by atoms with van der Waals surface area (Å²) in [4.78, 5) is 26.7. The number of esters is 1. The second-order valence-electron chi connectivity index (χ2n) is 7.13. The lowest BCUT2D eigenvalue weighted by Gasteiger charge is -2.22. The average Bonchev–Trinajstić information content (AvgIpc) is 3.54. The minimum Gasteiger partial charge on any atom is -0.497 e. The van der Waals surface area contributed by atoms with Gasteiger partial charge < -0.3 is 14.4 Å². The highest BCUT2D eigenvalue weighted by atomic mass is 32.2. The zero-order chi connectivity index (χ0) is 21.7. The standard InChI is InChI=1S/C21H24N2O6S/c1-28-19-10-6-15(7-11-19)13-23(18-8-9-18)20(24)14-29-21(25)16-4-3-5-17(12-16)22-30(2,26)27/h3-7,10-12,18,22H,8-9,13-14H2,1-2H3. The molecule has 0 aliphatic heterocycles. The lowest BCUT2D eigenvalue weighted by molar-refractivity contribution is -0.135. The van der Waals surface area contributed by atoms with Gasteiger partial charge >= 0.3 is 5.97 Å². The molecule has 0 heterocycles. The van der Waals surface area contributed by atoms with Crippen LogP contribution < -0.4 is 9.46 Å². The summed E-state index contributed by atoms with van der Waals surface area (Å²) in [6.45, 7) is 0.0496. The maximum Gasteiger partial charge on any atom is 0.338 e. The summed E-state index contributed by atoms with van der Waals surface area (Å²) in [5.74, 6) is -0.225. The Morgan fingerprint density at radius 3 is 2.43 bits per heavy atom. The third-order valence-corrected chi connectivity index (χ3v) is 5.15. The summed E-state index contributed by atoms with van der Waals surface area (Å²) in [6.07, 6.45) is 2.87. The summed E-state index contributed by atoms with van der Waals surface area (Å²) in [6, 6.07) is 13.5. The fourth-order valence-corrected chi connectivity index (χ4v) is 3.51. The number of hydrogen-bond acceptors (Lipinski definition) is 6. The fourth-order valence-electron chi connectivity index (χ4n) is 2.95. The molecule has 9 heteroatoms. The second-order valence-corrected chi connectivity index (χ2v) is 8.88. The van der Waals surface area contributed by atoms with Crippen molar-refractivity contribution in [1.82, 2.24) is 4.90 Å². The molecule has 0 spiro atoms. The van der Waals surface area contributed by atoms with Gasteiger partial charge in [-0.05, 0) is 48.7 Å². The molecular formula is C21H24N2O6S. The first-order valence-corrected chi connectivity index (χ1v) is 11.3. The van der Waals surface area contributed by atoms with Crippen LogP contribution in [0.25, 0.3) is 0 Å². The molecule has 1 aliphatic carbocycles. The Labute approximate surface area is 175 Å². The molecule has 1 amide bonds. The largest absolute Gasteiger partial charge is 0.497 e. The summed E-state index contributed by atoms with van der Waals surface area (Å²) in [5.41, 5.74) is 1.36. The number of amides is 1. The van der Waals surface area contributed by atoms with Crippen molar-refractivity contribution in [1.29, 1.82) is 0 Å². The minimum absolute atomic E-state index is 0.153. The zero-order valence-corrected chi connectivity index (χ0v) is 17.6. The number of sulfonamides is 1. The highest BCUT2D eigenvalue weighted by molar-refractivity contribution is 7.92. The van der Waals surface area contributed by atoms with Gasteiger partial charge in [0.2, 0.25) is 10.0 Å². The number of nitrogens with one attached hydrogen (secondary N) is 1. The molecule has 0 bridgehead atoms. The van der Waals surface area contributed by atoms with Crippen LogP contribution in [0.15, 0.2) is 48.5 Å². The predicted octanol–water partition coefficient (Wildman–Crippen LogP) is 2.41. The van der Waals surface area contributed by atoms with Crippen molar-refractivity contribution in [3.8, 4) is 5.75 Å². The smallest absolute Gasteiger partial charge is 0.338 e. The van der Waals surface area contributed by atoms with Crippen molar-refractivity contribution in [2.24, 2.45) is 0 Å². The Kier molecular flexibility index (Phi) is 6.61. The van der Waals surface area contributed by atoms with Gasteiger partial charge in [-0.2, -0.15) is 0 Å². The molecule has 8 nitrogen and oxygen atoms in total. The molecule has 0 saturated heterocycles. The number of carbonyl (C=O) groups excluding carboxylic acids is 2. The molecule has 2 aromatic rings. The lowest BCUT2D eigenvalue weighted by Crippen LogP contribution is -2.36. The Balaban J connectivity index is 1.60. The van der Waals surface area contributed by atoms with Crippen LogP contribution in [0, 0.1) is 0 Å².